The van der Waals surface area contributed by atoms with Crippen molar-refractivity contribution >= 4 is 5.84 Å². The van der Waals surface area contributed by atoms with Gasteiger partial charge < -0.3 is 10.0 Å². The average molecular weight is 309 g/mol. The maximum absolute atomic E-state index is 9.65. The lowest BCUT2D eigenvalue weighted by molar-refractivity contribution is 0.0766. The van der Waals surface area contributed by atoms with Crippen LogP contribution >= 0.6 is 0 Å². The molecule has 1 unspecified atom stereocenters. The molecular weight excluding hydrogens is 272 g/mol. The highest BCUT2D eigenvalue weighted by Gasteiger charge is 2.19. The van der Waals surface area contributed by atoms with Crippen LogP contribution in [0.25, 0.3) is 0 Å². The maximum atomic E-state index is 9.65. The number of hydrogen-bond acceptors (Lipinski definition) is 3. The molecule has 0 aliphatic carbocycles. The summed E-state index contributed by atoms with van der Waals surface area (Å²) in [6.07, 6.45) is 18.4. The summed E-state index contributed by atoms with van der Waals surface area (Å²) in [6, 6.07) is 0. The highest BCUT2D eigenvalue weighted by Crippen LogP contribution is 2.13. The molecule has 0 amide bonds. The fourth-order valence-corrected chi connectivity index (χ4v) is 2.96. The topological polar surface area (TPSA) is 35.8 Å². The Labute approximate surface area is 137 Å². The molecular formula is C19H36N2O. The molecule has 1 rings (SSSR count). The number of nitrogens with zero attached hydrogens (tertiary/aromatic N) is 2. The quantitative estimate of drug-likeness (QED) is 0.388. The summed E-state index contributed by atoms with van der Waals surface area (Å²) in [5, 5.41) is 9.65. The van der Waals surface area contributed by atoms with Crippen molar-refractivity contribution in [3.63, 3.8) is 0 Å². The van der Waals surface area contributed by atoms with Crippen LogP contribution in [0.5, 0.6) is 0 Å². The van der Waals surface area contributed by atoms with Crippen LogP contribution in [0.4, 0.5) is 0 Å². The van der Waals surface area contributed by atoms with Gasteiger partial charge in [-0.25, -0.2) is 0 Å². The minimum absolute atomic E-state index is 0.384. The average Bonchev–Trinajstić information content (AvgIpc) is 2.97. The van der Waals surface area contributed by atoms with E-state index in [0.29, 0.717) is 0 Å². The Morgan fingerprint density at radius 2 is 1.68 bits per heavy atom. The predicted molar refractivity (Wildman–Crippen MR) is 96.3 cm³/mol. The lowest BCUT2D eigenvalue weighted by atomic mass is 10.1. The predicted octanol–water partition coefficient (Wildman–Crippen LogP) is 4.91. The summed E-state index contributed by atoms with van der Waals surface area (Å²) in [5.41, 5.74) is 0. The van der Waals surface area contributed by atoms with Crippen LogP contribution in [-0.4, -0.2) is 35.2 Å². The first-order valence-corrected chi connectivity index (χ1v) is 9.38. The van der Waals surface area contributed by atoms with Crippen molar-refractivity contribution in [2.75, 3.05) is 13.1 Å². The van der Waals surface area contributed by atoms with Gasteiger partial charge >= 0.3 is 0 Å². The van der Waals surface area contributed by atoms with E-state index in [1.807, 2.05) is 11.8 Å². The van der Waals surface area contributed by atoms with Crippen LogP contribution in [0.1, 0.15) is 84.5 Å². The largest absolute Gasteiger partial charge is 0.374 e. The van der Waals surface area contributed by atoms with Crippen molar-refractivity contribution in [2.24, 2.45) is 4.99 Å². The van der Waals surface area contributed by atoms with Gasteiger partial charge in [0, 0.05) is 13.0 Å². The van der Waals surface area contributed by atoms with Crippen molar-refractivity contribution in [2.45, 2.75) is 90.7 Å². The fourth-order valence-electron chi connectivity index (χ4n) is 2.96. The van der Waals surface area contributed by atoms with Gasteiger partial charge in [-0.05, 0) is 39.0 Å². The fraction of sp³-hybridized carbons (Fsp3) is 0.842. The Morgan fingerprint density at radius 1 is 1.05 bits per heavy atom. The maximum Gasteiger partial charge on any atom is 0.125 e. The highest BCUT2D eigenvalue weighted by molar-refractivity contribution is 5.83. The molecule has 0 aromatic carbocycles. The lowest BCUT2D eigenvalue weighted by Crippen LogP contribution is -2.35. The van der Waals surface area contributed by atoms with Crippen LogP contribution < -0.4 is 0 Å². The number of unbranched alkanes of at least 4 members (excludes halogenated alkanes) is 8. The second-order valence-corrected chi connectivity index (χ2v) is 6.40. The summed E-state index contributed by atoms with van der Waals surface area (Å²) >= 11 is 0. The van der Waals surface area contributed by atoms with Crippen molar-refractivity contribution in [1.29, 1.82) is 0 Å². The number of hydrogen-bond donors (Lipinski definition) is 1. The van der Waals surface area contributed by atoms with Gasteiger partial charge in [0.25, 0.3) is 0 Å². The molecule has 0 radical (unpaired) electrons. The minimum atomic E-state index is -0.384. The number of rotatable bonds is 13. The molecule has 0 spiro atoms. The molecule has 1 atom stereocenters. The normalized spacial score (nSPS) is 16.5. The third-order valence-electron chi connectivity index (χ3n) is 4.33. The molecule has 1 aliphatic rings. The number of aliphatic hydroxyl groups excluding tert-OH is 1. The SMILES string of the molecule is CCCCC/C=C/CCCCCCCC1=NCCN1C(C)O. The lowest BCUT2D eigenvalue weighted by Gasteiger charge is -2.23. The number of aliphatic hydroxyl groups is 1. The first-order valence-electron chi connectivity index (χ1n) is 9.38. The van der Waals surface area contributed by atoms with E-state index in [1.165, 1.54) is 64.2 Å². The van der Waals surface area contributed by atoms with Crippen molar-refractivity contribution in [1.82, 2.24) is 4.90 Å². The summed E-state index contributed by atoms with van der Waals surface area (Å²) in [5.74, 6) is 1.12. The van der Waals surface area contributed by atoms with Gasteiger partial charge in [0.2, 0.25) is 0 Å². The molecule has 1 aliphatic heterocycles. The molecule has 1 N–H and O–H groups in total. The second-order valence-electron chi connectivity index (χ2n) is 6.40. The van der Waals surface area contributed by atoms with E-state index in [2.05, 4.69) is 24.1 Å². The molecule has 0 fully saturated rings. The molecule has 22 heavy (non-hydrogen) atoms. The number of allylic oxidation sites excluding steroid dienone is 2. The van der Waals surface area contributed by atoms with E-state index in [9.17, 15) is 5.11 Å². The molecule has 0 aromatic rings. The van der Waals surface area contributed by atoms with Crippen molar-refractivity contribution < 1.29 is 5.11 Å². The first kappa shape index (κ1) is 19.2. The summed E-state index contributed by atoms with van der Waals surface area (Å²) in [6.45, 7) is 5.82. The van der Waals surface area contributed by atoms with Gasteiger partial charge in [0.15, 0.2) is 0 Å². The number of amidine groups is 1. The molecule has 3 heteroatoms. The Hall–Kier alpha value is -0.830. The summed E-state index contributed by atoms with van der Waals surface area (Å²) in [4.78, 5) is 6.53. The highest BCUT2D eigenvalue weighted by atomic mass is 16.3. The molecule has 1 heterocycles. The zero-order valence-electron chi connectivity index (χ0n) is 14.8. The molecule has 3 nitrogen and oxygen atoms in total. The summed E-state index contributed by atoms with van der Waals surface area (Å²) < 4.78 is 0. The van der Waals surface area contributed by atoms with Gasteiger partial charge in [0.05, 0.1) is 6.54 Å². The standard InChI is InChI=1S/C19H36N2O/c1-3-4-5-6-7-8-9-10-11-12-13-14-15-19-20-16-17-21(19)18(2)22/h7-8,18,22H,3-6,9-17H2,1-2H3/b8-7+. The molecule has 0 saturated heterocycles. The smallest absolute Gasteiger partial charge is 0.125 e. The van der Waals surface area contributed by atoms with E-state index in [4.69, 9.17) is 0 Å². The second kappa shape index (κ2) is 12.7. The Bertz CT molecular complexity index is 323. The van der Waals surface area contributed by atoms with E-state index >= 15 is 0 Å². The summed E-state index contributed by atoms with van der Waals surface area (Å²) in [7, 11) is 0. The van der Waals surface area contributed by atoms with E-state index in [1.54, 1.807) is 0 Å². The van der Waals surface area contributed by atoms with Gasteiger partial charge in [-0.2, -0.15) is 0 Å². The van der Waals surface area contributed by atoms with Crippen LogP contribution in [0.2, 0.25) is 0 Å². The minimum Gasteiger partial charge on any atom is -0.374 e. The van der Waals surface area contributed by atoms with Crippen molar-refractivity contribution in [3.8, 4) is 0 Å². The monoisotopic (exact) mass is 308 g/mol. The first-order chi connectivity index (χ1) is 10.8. The Kier molecular flexibility index (Phi) is 11.1. The van der Waals surface area contributed by atoms with Gasteiger partial charge in [-0.15, -0.1) is 0 Å². The van der Waals surface area contributed by atoms with Gasteiger partial charge in [-0.3, -0.25) is 4.99 Å². The Morgan fingerprint density at radius 3 is 2.36 bits per heavy atom. The van der Waals surface area contributed by atoms with Crippen LogP contribution in [0.3, 0.4) is 0 Å². The third kappa shape index (κ3) is 8.57. The molecule has 0 bridgehead atoms. The zero-order chi connectivity index (χ0) is 16.0. The number of aliphatic imine (C=N–C) groups is 1. The van der Waals surface area contributed by atoms with E-state index < -0.39 is 0 Å². The van der Waals surface area contributed by atoms with Gasteiger partial charge in [0.1, 0.15) is 12.1 Å². The molecule has 128 valence electrons. The zero-order valence-corrected chi connectivity index (χ0v) is 14.8. The van der Waals surface area contributed by atoms with E-state index in [0.717, 1.165) is 25.3 Å². The molecule has 0 saturated carbocycles. The van der Waals surface area contributed by atoms with Crippen LogP contribution in [-0.2, 0) is 0 Å². The third-order valence-corrected chi connectivity index (χ3v) is 4.33. The van der Waals surface area contributed by atoms with E-state index in [-0.39, 0.29) is 6.23 Å². The van der Waals surface area contributed by atoms with Gasteiger partial charge in [-0.1, -0.05) is 51.2 Å². The molecule has 0 aromatic heterocycles. The Balaban J connectivity index is 1.90. The van der Waals surface area contributed by atoms with Crippen LogP contribution in [0, 0.1) is 0 Å². The van der Waals surface area contributed by atoms with Crippen molar-refractivity contribution in [3.05, 3.63) is 12.2 Å². The van der Waals surface area contributed by atoms with Crippen LogP contribution in [0.15, 0.2) is 17.1 Å².